The number of benzene rings is 2. The third-order valence-electron chi connectivity index (χ3n) is 3.74. The number of hydrogen-bond donors (Lipinski definition) is 2. The Morgan fingerprint density at radius 1 is 1.14 bits per heavy atom. The lowest BCUT2D eigenvalue weighted by Crippen LogP contribution is -2.27. The molecule has 0 saturated carbocycles. The van der Waals surface area contributed by atoms with Crippen LogP contribution in [0.1, 0.15) is 26.3 Å². The molecule has 0 spiro atoms. The van der Waals surface area contributed by atoms with E-state index in [-0.39, 0.29) is 12.4 Å². The fourth-order valence-electron chi connectivity index (χ4n) is 2.49. The number of amidine groups is 1. The summed E-state index contributed by atoms with van der Waals surface area (Å²) in [6.45, 7) is 5.20. The van der Waals surface area contributed by atoms with Gasteiger partial charge < -0.3 is 19.7 Å². The van der Waals surface area contributed by atoms with Crippen LogP contribution in [0.5, 0.6) is 5.75 Å². The molecule has 3 rings (SSSR count). The SMILES string of the molecule is CC(C)(C)OC(=O)COc1cccc(-c2noc(-c3ccc(C(=N)N)cc3)n2)c1. The number of carbonyl (C=O) groups is 1. The molecule has 29 heavy (non-hydrogen) atoms. The van der Waals surface area contributed by atoms with Crippen molar-refractivity contribution in [2.75, 3.05) is 6.61 Å². The number of nitrogens with two attached hydrogens (primary N) is 1. The van der Waals surface area contributed by atoms with Gasteiger partial charge in [0.15, 0.2) is 6.61 Å². The largest absolute Gasteiger partial charge is 0.482 e. The van der Waals surface area contributed by atoms with Crippen LogP contribution in [0.4, 0.5) is 0 Å². The van der Waals surface area contributed by atoms with Gasteiger partial charge in [0, 0.05) is 16.7 Å². The van der Waals surface area contributed by atoms with E-state index in [1.54, 1.807) is 63.2 Å². The zero-order valence-electron chi connectivity index (χ0n) is 16.4. The Balaban J connectivity index is 1.71. The van der Waals surface area contributed by atoms with Crippen molar-refractivity contribution < 1.29 is 18.8 Å². The predicted molar refractivity (Wildman–Crippen MR) is 108 cm³/mol. The monoisotopic (exact) mass is 394 g/mol. The van der Waals surface area contributed by atoms with Crippen LogP contribution in [0, 0.1) is 5.41 Å². The van der Waals surface area contributed by atoms with Crippen molar-refractivity contribution >= 4 is 11.8 Å². The molecule has 0 atom stereocenters. The van der Waals surface area contributed by atoms with Crippen molar-refractivity contribution in [3.05, 3.63) is 54.1 Å². The number of ether oxygens (including phenoxy) is 2. The molecular formula is C21H22N4O4. The molecule has 0 radical (unpaired) electrons. The minimum absolute atomic E-state index is 0.00837. The lowest BCUT2D eigenvalue weighted by molar-refractivity contribution is -0.157. The van der Waals surface area contributed by atoms with Crippen LogP contribution < -0.4 is 10.5 Å². The number of nitrogen functional groups attached to an aromatic ring is 1. The minimum Gasteiger partial charge on any atom is -0.482 e. The number of nitrogens with zero attached hydrogens (tertiary/aromatic N) is 2. The Hall–Kier alpha value is -3.68. The van der Waals surface area contributed by atoms with Gasteiger partial charge in [0.25, 0.3) is 5.89 Å². The van der Waals surface area contributed by atoms with Crippen LogP contribution in [0.2, 0.25) is 0 Å². The molecule has 1 aromatic heterocycles. The highest BCUT2D eigenvalue weighted by Crippen LogP contribution is 2.25. The first-order chi connectivity index (χ1) is 13.7. The van der Waals surface area contributed by atoms with E-state index in [0.717, 1.165) is 0 Å². The molecule has 3 N–H and O–H groups in total. The van der Waals surface area contributed by atoms with Gasteiger partial charge in [-0.05, 0) is 45.0 Å². The van der Waals surface area contributed by atoms with Crippen LogP contribution in [0.3, 0.4) is 0 Å². The lowest BCUT2D eigenvalue weighted by Gasteiger charge is -2.19. The Morgan fingerprint density at radius 2 is 1.86 bits per heavy atom. The van der Waals surface area contributed by atoms with Crippen molar-refractivity contribution in [3.63, 3.8) is 0 Å². The number of hydrogen-bond acceptors (Lipinski definition) is 7. The molecule has 0 unspecified atom stereocenters. The van der Waals surface area contributed by atoms with Crippen molar-refractivity contribution in [1.82, 2.24) is 10.1 Å². The third-order valence-corrected chi connectivity index (χ3v) is 3.74. The summed E-state index contributed by atoms with van der Waals surface area (Å²) < 4.78 is 16.1. The summed E-state index contributed by atoms with van der Waals surface area (Å²) in [6, 6.07) is 14.0. The quantitative estimate of drug-likeness (QED) is 0.373. The van der Waals surface area contributed by atoms with Gasteiger partial charge in [-0.3, -0.25) is 5.41 Å². The normalized spacial score (nSPS) is 11.1. The van der Waals surface area contributed by atoms with E-state index in [1.807, 2.05) is 6.07 Å². The average Bonchev–Trinajstić information content (AvgIpc) is 3.16. The van der Waals surface area contributed by atoms with E-state index in [2.05, 4.69) is 10.1 Å². The van der Waals surface area contributed by atoms with Crippen LogP contribution in [-0.2, 0) is 9.53 Å². The molecule has 0 saturated heterocycles. The van der Waals surface area contributed by atoms with Gasteiger partial charge >= 0.3 is 5.97 Å². The first-order valence-electron chi connectivity index (χ1n) is 8.95. The van der Waals surface area contributed by atoms with E-state index in [1.165, 1.54) is 0 Å². The third kappa shape index (κ3) is 5.41. The second kappa shape index (κ2) is 8.14. The van der Waals surface area contributed by atoms with Gasteiger partial charge in [-0.25, -0.2) is 4.79 Å². The molecule has 0 fully saturated rings. The number of nitrogens with one attached hydrogen (secondary N) is 1. The zero-order chi connectivity index (χ0) is 21.0. The van der Waals surface area contributed by atoms with Crippen LogP contribution in [-0.4, -0.2) is 34.2 Å². The highest BCUT2D eigenvalue weighted by Gasteiger charge is 2.17. The van der Waals surface area contributed by atoms with Gasteiger partial charge in [-0.15, -0.1) is 0 Å². The average molecular weight is 394 g/mol. The number of carbonyl (C=O) groups excluding carboxylic acids is 1. The maximum atomic E-state index is 11.8. The molecule has 0 aliphatic rings. The molecule has 150 valence electrons. The Bertz CT molecular complexity index is 1020. The number of rotatable bonds is 6. The zero-order valence-corrected chi connectivity index (χ0v) is 16.4. The summed E-state index contributed by atoms with van der Waals surface area (Å²) in [7, 11) is 0. The molecule has 0 bridgehead atoms. The van der Waals surface area contributed by atoms with E-state index in [9.17, 15) is 4.79 Å². The molecule has 8 heteroatoms. The highest BCUT2D eigenvalue weighted by molar-refractivity contribution is 5.95. The summed E-state index contributed by atoms with van der Waals surface area (Å²) >= 11 is 0. The van der Waals surface area contributed by atoms with Crippen LogP contribution >= 0.6 is 0 Å². The Labute approximate surface area is 168 Å². The second-order valence-corrected chi connectivity index (χ2v) is 7.32. The molecule has 0 aliphatic heterocycles. The van der Waals surface area contributed by atoms with Gasteiger partial charge in [-0.2, -0.15) is 4.98 Å². The minimum atomic E-state index is -0.564. The van der Waals surface area contributed by atoms with Gasteiger partial charge in [0.1, 0.15) is 17.2 Å². The van der Waals surface area contributed by atoms with E-state index < -0.39 is 11.6 Å². The molecule has 0 aliphatic carbocycles. The van der Waals surface area contributed by atoms with Gasteiger partial charge in [0.2, 0.25) is 5.82 Å². The lowest BCUT2D eigenvalue weighted by atomic mass is 10.1. The first kappa shape index (κ1) is 20.1. The van der Waals surface area contributed by atoms with Gasteiger partial charge in [-0.1, -0.05) is 29.4 Å². The fraction of sp³-hybridized carbons (Fsp3) is 0.238. The molecule has 1 heterocycles. The highest BCUT2D eigenvalue weighted by atomic mass is 16.6. The summed E-state index contributed by atoms with van der Waals surface area (Å²) in [5, 5.41) is 11.4. The van der Waals surface area contributed by atoms with Crippen LogP contribution in [0.15, 0.2) is 53.1 Å². The van der Waals surface area contributed by atoms with E-state index in [4.69, 9.17) is 25.1 Å². The maximum Gasteiger partial charge on any atom is 0.344 e. The van der Waals surface area contributed by atoms with Crippen molar-refractivity contribution in [2.45, 2.75) is 26.4 Å². The fourth-order valence-corrected chi connectivity index (χ4v) is 2.49. The standard InChI is InChI=1S/C21H22N4O4/c1-21(2,3)28-17(26)12-27-16-6-4-5-15(11-16)19-24-20(29-25-19)14-9-7-13(8-10-14)18(22)23/h4-11H,12H2,1-3H3,(H3,22,23). The Kier molecular flexibility index (Phi) is 5.63. The predicted octanol–water partition coefficient (Wildman–Crippen LogP) is 3.41. The molecular weight excluding hydrogens is 372 g/mol. The summed E-state index contributed by atoms with van der Waals surface area (Å²) in [5.74, 6) is 0.767. The van der Waals surface area contributed by atoms with Crippen molar-refractivity contribution in [3.8, 4) is 28.6 Å². The van der Waals surface area contributed by atoms with E-state index in [0.29, 0.717) is 34.2 Å². The Morgan fingerprint density at radius 3 is 2.52 bits per heavy atom. The first-order valence-corrected chi connectivity index (χ1v) is 8.95. The summed E-state index contributed by atoms with van der Waals surface area (Å²) in [5.41, 5.74) is 6.91. The van der Waals surface area contributed by atoms with Crippen molar-refractivity contribution in [2.24, 2.45) is 5.73 Å². The topological polar surface area (TPSA) is 124 Å². The smallest absolute Gasteiger partial charge is 0.344 e. The van der Waals surface area contributed by atoms with Crippen LogP contribution in [0.25, 0.3) is 22.8 Å². The van der Waals surface area contributed by atoms with Gasteiger partial charge in [0.05, 0.1) is 0 Å². The molecule has 0 amide bonds. The summed E-state index contributed by atoms with van der Waals surface area (Å²) in [4.78, 5) is 16.2. The van der Waals surface area contributed by atoms with Crippen molar-refractivity contribution in [1.29, 1.82) is 5.41 Å². The second-order valence-electron chi connectivity index (χ2n) is 7.32. The maximum absolute atomic E-state index is 11.8. The van der Waals surface area contributed by atoms with E-state index >= 15 is 0 Å². The summed E-state index contributed by atoms with van der Waals surface area (Å²) in [6.07, 6.45) is 0. The number of aromatic nitrogens is 2. The molecule has 2 aromatic carbocycles. The number of esters is 1. The molecule has 8 nitrogen and oxygen atoms in total. The molecule has 3 aromatic rings.